The minimum absolute atomic E-state index is 0.0108. The van der Waals surface area contributed by atoms with Gasteiger partial charge in [-0.15, -0.1) is 0 Å². The summed E-state index contributed by atoms with van der Waals surface area (Å²) < 4.78 is 7.65. The minimum atomic E-state index is -0.0319. The van der Waals surface area contributed by atoms with Crippen molar-refractivity contribution in [1.82, 2.24) is 14.9 Å². The van der Waals surface area contributed by atoms with Crippen molar-refractivity contribution in [1.29, 1.82) is 0 Å². The van der Waals surface area contributed by atoms with E-state index < -0.39 is 0 Å². The Morgan fingerprint density at radius 1 is 1.10 bits per heavy atom. The minimum Gasteiger partial charge on any atom is -0.383 e. The SMILES string of the molecule is COCCn1c(C)cc([C@@H]2[C@H](c3ccccn3)NC(=S)N2c2cccc(C)c2)c1C. The standard InChI is InChI=1S/C24H28N4OS/c1-16-8-7-9-19(14-16)28-23(20-15-17(2)27(18(20)3)12-13-29-4)22(26-24(28)30)21-10-5-6-11-25-21/h5-11,14-15,22-23H,12-13H2,1-4H3,(H,26,30)/t22-,23+/m0/s1. The van der Waals surface area contributed by atoms with Gasteiger partial charge in [0.2, 0.25) is 0 Å². The predicted octanol–water partition coefficient (Wildman–Crippen LogP) is 4.63. The zero-order chi connectivity index (χ0) is 21.3. The van der Waals surface area contributed by atoms with E-state index >= 15 is 0 Å². The van der Waals surface area contributed by atoms with E-state index in [-0.39, 0.29) is 12.1 Å². The Bertz CT molecular complexity index is 1050. The first-order valence-electron chi connectivity index (χ1n) is 10.2. The summed E-state index contributed by atoms with van der Waals surface area (Å²) in [7, 11) is 1.74. The van der Waals surface area contributed by atoms with Gasteiger partial charge in [-0.3, -0.25) is 4.98 Å². The van der Waals surface area contributed by atoms with Gasteiger partial charge in [-0.1, -0.05) is 18.2 Å². The van der Waals surface area contributed by atoms with Crippen molar-refractivity contribution in [3.63, 3.8) is 0 Å². The van der Waals surface area contributed by atoms with Gasteiger partial charge in [-0.25, -0.2) is 0 Å². The molecule has 30 heavy (non-hydrogen) atoms. The first-order valence-corrected chi connectivity index (χ1v) is 10.6. The second-order valence-electron chi connectivity index (χ2n) is 7.81. The molecule has 1 aliphatic heterocycles. The number of hydrogen-bond acceptors (Lipinski definition) is 3. The third kappa shape index (κ3) is 3.73. The number of anilines is 1. The molecular formula is C24H28N4OS. The van der Waals surface area contributed by atoms with Gasteiger partial charge < -0.3 is 19.5 Å². The lowest BCUT2D eigenvalue weighted by Crippen LogP contribution is -2.29. The molecule has 0 unspecified atom stereocenters. The van der Waals surface area contributed by atoms with Gasteiger partial charge in [0, 0.05) is 36.9 Å². The van der Waals surface area contributed by atoms with E-state index in [0.717, 1.165) is 23.0 Å². The molecule has 5 nitrogen and oxygen atoms in total. The fourth-order valence-electron chi connectivity index (χ4n) is 4.38. The number of pyridine rings is 1. The van der Waals surface area contributed by atoms with Gasteiger partial charge in [-0.05, 0) is 74.4 Å². The normalized spacial score (nSPS) is 18.7. The molecule has 0 aliphatic carbocycles. The van der Waals surface area contributed by atoms with Gasteiger partial charge in [0.05, 0.1) is 24.4 Å². The highest BCUT2D eigenvalue weighted by Crippen LogP contribution is 2.43. The average Bonchev–Trinajstić information content (AvgIpc) is 3.23. The number of methoxy groups -OCH3 is 1. The van der Waals surface area contributed by atoms with E-state index in [1.165, 1.54) is 22.5 Å². The lowest BCUT2D eigenvalue weighted by atomic mass is 9.96. The van der Waals surface area contributed by atoms with Crippen LogP contribution in [-0.4, -0.2) is 28.4 Å². The van der Waals surface area contributed by atoms with Crippen LogP contribution >= 0.6 is 12.2 Å². The molecule has 6 heteroatoms. The molecule has 1 aliphatic rings. The molecule has 156 valence electrons. The third-order valence-corrected chi connectivity index (χ3v) is 6.14. The number of rotatable bonds is 6. The molecular weight excluding hydrogens is 392 g/mol. The van der Waals surface area contributed by atoms with Crippen molar-refractivity contribution < 1.29 is 4.74 Å². The zero-order valence-corrected chi connectivity index (χ0v) is 18.7. The lowest BCUT2D eigenvalue weighted by Gasteiger charge is -2.28. The molecule has 0 radical (unpaired) electrons. The first kappa shape index (κ1) is 20.6. The number of aryl methyl sites for hydroxylation is 2. The summed E-state index contributed by atoms with van der Waals surface area (Å²) >= 11 is 5.83. The highest BCUT2D eigenvalue weighted by molar-refractivity contribution is 7.80. The van der Waals surface area contributed by atoms with Gasteiger partial charge in [-0.2, -0.15) is 0 Å². The molecule has 2 atom stereocenters. The summed E-state index contributed by atoms with van der Waals surface area (Å²) in [6.07, 6.45) is 1.84. The topological polar surface area (TPSA) is 42.3 Å². The number of aromatic nitrogens is 2. The Morgan fingerprint density at radius 2 is 1.93 bits per heavy atom. The van der Waals surface area contributed by atoms with Crippen LogP contribution in [0.5, 0.6) is 0 Å². The highest BCUT2D eigenvalue weighted by Gasteiger charge is 2.42. The number of ether oxygens (including phenoxy) is 1. The number of nitrogens with zero attached hydrogens (tertiary/aromatic N) is 3. The van der Waals surface area contributed by atoms with Crippen LogP contribution in [0.1, 0.15) is 40.3 Å². The van der Waals surface area contributed by atoms with Crippen LogP contribution in [0.4, 0.5) is 5.69 Å². The van der Waals surface area contributed by atoms with Crippen molar-refractivity contribution in [2.75, 3.05) is 18.6 Å². The summed E-state index contributed by atoms with van der Waals surface area (Å²) in [5, 5.41) is 4.27. The Balaban J connectivity index is 1.85. The molecule has 0 spiro atoms. The van der Waals surface area contributed by atoms with E-state index in [9.17, 15) is 0 Å². The summed E-state index contributed by atoms with van der Waals surface area (Å²) in [5.41, 5.74) is 7.01. The number of hydrogen-bond donors (Lipinski definition) is 1. The van der Waals surface area contributed by atoms with Crippen LogP contribution in [0, 0.1) is 20.8 Å². The van der Waals surface area contributed by atoms with Crippen molar-refractivity contribution in [3.8, 4) is 0 Å². The molecule has 0 saturated carbocycles. The fourth-order valence-corrected chi connectivity index (χ4v) is 4.73. The molecule has 1 N–H and O–H groups in total. The van der Waals surface area contributed by atoms with Crippen molar-refractivity contribution in [2.45, 2.75) is 39.4 Å². The molecule has 4 rings (SSSR count). The monoisotopic (exact) mass is 420 g/mol. The van der Waals surface area contributed by atoms with Gasteiger partial charge in [0.1, 0.15) is 0 Å². The molecule has 2 aromatic heterocycles. The Hall–Kier alpha value is -2.70. The summed E-state index contributed by atoms with van der Waals surface area (Å²) in [4.78, 5) is 6.89. The van der Waals surface area contributed by atoms with Crippen LogP contribution in [-0.2, 0) is 11.3 Å². The molecule has 1 saturated heterocycles. The van der Waals surface area contributed by atoms with Gasteiger partial charge in [0.25, 0.3) is 0 Å². The second-order valence-corrected chi connectivity index (χ2v) is 8.19. The summed E-state index contributed by atoms with van der Waals surface area (Å²) in [6.45, 7) is 7.96. The first-order chi connectivity index (χ1) is 14.5. The Morgan fingerprint density at radius 3 is 2.63 bits per heavy atom. The van der Waals surface area contributed by atoms with Crippen LogP contribution < -0.4 is 10.2 Å². The van der Waals surface area contributed by atoms with E-state index in [2.05, 4.69) is 76.9 Å². The fraction of sp³-hybridized carbons (Fsp3) is 0.333. The maximum absolute atomic E-state index is 5.83. The van der Waals surface area contributed by atoms with E-state index in [4.69, 9.17) is 17.0 Å². The van der Waals surface area contributed by atoms with Crippen LogP contribution in [0.15, 0.2) is 54.7 Å². The lowest BCUT2D eigenvalue weighted by molar-refractivity contribution is 0.186. The Labute approximate surface area is 183 Å². The molecule has 1 fully saturated rings. The zero-order valence-electron chi connectivity index (χ0n) is 17.9. The van der Waals surface area contributed by atoms with Crippen molar-refractivity contribution >= 4 is 23.0 Å². The average molecular weight is 421 g/mol. The van der Waals surface area contributed by atoms with Crippen molar-refractivity contribution in [2.24, 2.45) is 0 Å². The quantitative estimate of drug-likeness (QED) is 0.589. The maximum atomic E-state index is 5.83. The van der Waals surface area contributed by atoms with Gasteiger partial charge >= 0.3 is 0 Å². The number of benzene rings is 1. The van der Waals surface area contributed by atoms with Crippen LogP contribution in [0.25, 0.3) is 0 Å². The van der Waals surface area contributed by atoms with Gasteiger partial charge in [0.15, 0.2) is 5.11 Å². The largest absolute Gasteiger partial charge is 0.383 e. The molecule has 3 heterocycles. The summed E-state index contributed by atoms with van der Waals surface area (Å²) in [6, 6.07) is 16.8. The number of thiocarbonyl (C=S) groups is 1. The maximum Gasteiger partial charge on any atom is 0.174 e. The van der Waals surface area contributed by atoms with Crippen molar-refractivity contribution in [3.05, 3.63) is 82.9 Å². The smallest absolute Gasteiger partial charge is 0.174 e. The molecule has 0 amide bonds. The Kier molecular flexibility index (Phi) is 5.88. The van der Waals surface area contributed by atoms with E-state index in [0.29, 0.717) is 6.61 Å². The summed E-state index contributed by atoms with van der Waals surface area (Å²) in [5.74, 6) is 0. The van der Waals surface area contributed by atoms with E-state index in [1.807, 2.05) is 18.3 Å². The van der Waals surface area contributed by atoms with Crippen LogP contribution in [0.2, 0.25) is 0 Å². The number of nitrogens with one attached hydrogen (secondary N) is 1. The molecule has 1 aromatic carbocycles. The third-order valence-electron chi connectivity index (χ3n) is 5.83. The predicted molar refractivity (Wildman–Crippen MR) is 125 cm³/mol. The van der Waals surface area contributed by atoms with Crippen LogP contribution in [0.3, 0.4) is 0 Å². The highest BCUT2D eigenvalue weighted by atomic mass is 32.1. The second kappa shape index (κ2) is 8.58. The molecule has 3 aromatic rings. The molecule has 0 bridgehead atoms. The van der Waals surface area contributed by atoms with E-state index in [1.54, 1.807) is 7.11 Å².